The Labute approximate surface area is 187 Å². The summed E-state index contributed by atoms with van der Waals surface area (Å²) >= 11 is 0. The Morgan fingerprint density at radius 2 is 1.79 bits per heavy atom. The molecule has 0 saturated heterocycles. The van der Waals surface area contributed by atoms with Gasteiger partial charge in [0, 0.05) is 31.5 Å². The molecule has 7 nitrogen and oxygen atoms in total. The number of aliphatic imine (C=N–C) groups is 1. The lowest BCUT2D eigenvalue weighted by Gasteiger charge is -2.12. The van der Waals surface area contributed by atoms with Crippen LogP contribution in [0.1, 0.15) is 45.6 Å². The third kappa shape index (κ3) is 13.1. The molecule has 1 aromatic heterocycles. The minimum absolute atomic E-state index is 0. The maximum Gasteiger partial charge on any atom is 0.218 e. The number of halogens is 1. The second-order valence-electron chi connectivity index (χ2n) is 6.02. The molecule has 1 rings (SSSR count). The predicted molar refractivity (Wildman–Crippen MR) is 125 cm³/mol. The molecule has 28 heavy (non-hydrogen) atoms. The molecule has 0 aliphatic rings. The molecule has 0 atom stereocenters. The molecule has 1 heterocycles. The van der Waals surface area contributed by atoms with Crippen molar-refractivity contribution in [2.75, 3.05) is 46.1 Å². The Morgan fingerprint density at radius 3 is 2.50 bits per heavy atom. The first-order valence-electron chi connectivity index (χ1n) is 10.1. The van der Waals surface area contributed by atoms with E-state index < -0.39 is 0 Å². The Kier molecular flexibility index (Phi) is 18.4. The lowest BCUT2D eigenvalue weighted by molar-refractivity contribution is 0.0487. The Hall–Kier alpha value is -1.13. The van der Waals surface area contributed by atoms with Crippen molar-refractivity contribution in [2.45, 2.75) is 46.6 Å². The normalized spacial score (nSPS) is 11.0. The number of hydrogen-bond donors (Lipinski definition) is 2. The van der Waals surface area contributed by atoms with Crippen LogP contribution in [0.2, 0.25) is 0 Å². The van der Waals surface area contributed by atoms with E-state index in [-0.39, 0.29) is 24.0 Å². The van der Waals surface area contributed by atoms with E-state index in [9.17, 15) is 0 Å². The fraction of sp³-hybridized carbons (Fsp3) is 0.700. The van der Waals surface area contributed by atoms with Gasteiger partial charge >= 0.3 is 0 Å². The number of ether oxygens (including phenoxy) is 3. The summed E-state index contributed by atoms with van der Waals surface area (Å²) in [4.78, 5) is 8.91. The van der Waals surface area contributed by atoms with Gasteiger partial charge in [-0.15, -0.1) is 24.0 Å². The van der Waals surface area contributed by atoms with Crippen LogP contribution in [0.3, 0.4) is 0 Å². The fourth-order valence-corrected chi connectivity index (χ4v) is 2.19. The van der Waals surface area contributed by atoms with E-state index in [0.29, 0.717) is 45.4 Å². The smallest absolute Gasteiger partial charge is 0.218 e. The predicted octanol–water partition coefficient (Wildman–Crippen LogP) is 3.38. The minimum atomic E-state index is 0. The van der Waals surface area contributed by atoms with Gasteiger partial charge in [-0.25, -0.2) is 9.98 Å². The van der Waals surface area contributed by atoms with Gasteiger partial charge in [0.25, 0.3) is 0 Å². The number of nitrogens with zero attached hydrogens (tertiary/aromatic N) is 2. The maximum absolute atomic E-state index is 5.69. The van der Waals surface area contributed by atoms with Crippen LogP contribution in [0.5, 0.6) is 5.88 Å². The van der Waals surface area contributed by atoms with Gasteiger partial charge in [-0.05, 0) is 25.8 Å². The minimum Gasteiger partial charge on any atom is -0.477 e. The molecule has 0 amide bonds. The van der Waals surface area contributed by atoms with Crippen molar-refractivity contribution in [3.63, 3.8) is 0 Å². The third-order valence-corrected chi connectivity index (χ3v) is 3.60. The molecule has 0 radical (unpaired) electrons. The van der Waals surface area contributed by atoms with Crippen LogP contribution in [-0.2, 0) is 16.0 Å². The van der Waals surface area contributed by atoms with Crippen LogP contribution < -0.4 is 15.4 Å². The summed E-state index contributed by atoms with van der Waals surface area (Å²) in [6, 6.07) is 3.90. The van der Waals surface area contributed by atoms with Crippen molar-refractivity contribution in [1.29, 1.82) is 0 Å². The van der Waals surface area contributed by atoms with Crippen LogP contribution in [0.25, 0.3) is 0 Å². The van der Waals surface area contributed by atoms with Gasteiger partial charge in [0.1, 0.15) is 0 Å². The summed E-state index contributed by atoms with van der Waals surface area (Å²) in [5, 5.41) is 6.51. The first-order chi connectivity index (χ1) is 13.3. The van der Waals surface area contributed by atoms with Gasteiger partial charge in [-0.3, -0.25) is 0 Å². The van der Waals surface area contributed by atoms with Crippen molar-refractivity contribution in [2.24, 2.45) is 4.99 Å². The molecule has 0 aromatic carbocycles. The van der Waals surface area contributed by atoms with Gasteiger partial charge in [-0.2, -0.15) is 0 Å². The maximum atomic E-state index is 5.69. The highest BCUT2D eigenvalue weighted by molar-refractivity contribution is 14.0. The summed E-state index contributed by atoms with van der Waals surface area (Å²) in [5.74, 6) is 1.41. The molecular weight excluding hydrogens is 471 g/mol. The summed E-state index contributed by atoms with van der Waals surface area (Å²) in [6.07, 6.45) is 4.95. The number of nitrogens with one attached hydrogen (secondary N) is 2. The lowest BCUT2D eigenvalue weighted by Crippen LogP contribution is -2.39. The molecule has 2 N–H and O–H groups in total. The van der Waals surface area contributed by atoms with Gasteiger partial charge in [0.2, 0.25) is 5.88 Å². The zero-order valence-corrected chi connectivity index (χ0v) is 19.9. The number of rotatable bonds is 15. The molecule has 162 valence electrons. The van der Waals surface area contributed by atoms with E-state index in [1.807, 2.05) is 19.1 Å². The zero-order chi connectivity index (χ0) is 19.6. The summed E-state index contributed by atoms with van der Waals surface area (Å²) in [5.41, 5.74) is 0.976. The monoisotopic (exact) mass is 508 g/mol. The highest BCUT2D eigenvalue weighted by Crippen LogP contribution is 2.15. The van der Waals surface area contributed by atoms with E-state index in [0.717, 1.165) is 43.9 Å². The first kappa shape index (κ1) is 26.9. The van der Waals surface area contributed by atoms with E-state index in [4.69, 9.17) is 14.2 Å². The van der Waals surface area contributed by atoms with E-state index in [1.54, 1.807) is 6.20 Å². The molecule has 1 aromatic rings. The second-order valence-corrected chi connectivity index (χ2v) is 6.02. The van der Waals surface area contributed by atoms with Crippen LogP contribution in [0.15, 0.2) is 23.3 Å². The van der Waals surface area contributed by atoms with Gasteiger partial charge in [0.15, 0.2) is 5.96 Å². The van der Waals surface area contributed by atoms with E-state index in [2.05, 4.69) is 34.5 Å². The Morgan fingerprint density at radius 1 is 1.00 bits per heavy atom. The van der Waals surface area contributed by atoms with Crippen molar-refractivity contribution in [1.82, 2.24) is 15.6 Å². The van der Waals surface area contributed by atoms with E-state index in [1.165, 1.54) is 0 Å². The first-order valence-corrected chi connectivity index (χ1v) is 10.1. The van der Waals surface area contributed by atoms with Gasteiger partial charge in [0.05, 0.1) is 33.0 Å². The number of pyridine rings is 1. The lowest BCUT2D eigenvalue weighted by atomic mass is 10.3. The van der Waals surface area contributed by atoms with Crippen LogP contribution >= 0.6 is 24.0 Å². The highest BCUT2D eigenvalue weighted by Gasteiger charge is 2.05. The fourth-order valence-electron chi connectivity index (χ4n) is 2.19. The Balaban J connectivity index is 0.00000729. The van der Waals surface area contributed by atoms with Gasteiger partial charge in [-0.1, -0.05) is 26.3 Å². The molecule has 0 bridgehead atoms. The molecule has 0 saturated carbocycles. The quantitative estimate of drug-likeness (QED) is 0.164. The SMILES string of the molecule is CCCCOCCOCCNC(=NCc1cccnc1OCCC)NCC.I. The number of aromatic nitrogens is 1. The standard InChI is InChI=1S/C20H36N4O3.HI/c1-4-7-13-25-15-16-26-14-11-23-20(21-6-3)24-17-18-9-8-10-22-19(18)27-12-5-2;/h8-10H,4-7,11-17H2,1-3H3,(H2,21,23,24);1H. The van der Waals surface area contributed by atoms with Crippen LogP contribution in [-0.4, -0.2) is 57.1 Å². The number of guanidine groups is 1. The summed E-state index contributed by atoms with van der Waals surface area (Å²) in [7, 11) is 0. The van der Waals surface area contributed by atoms with Crippen molar-refractivity contribution >= 4 is 29.9 Å². The summed E-state index contributed by atoms with van der Waals surface area (Å²) in [6.45, 7) is 11.6. The third-order valence-electron chi connectivity index (χ3n) is 3.60. The molecular formula is C20H37IN4O3. The molecule has 0 fully saturated rings. The van der Waals surface area contributed by atoms with Crippen molar-refractivity contribution in [3.05, 3.63) is 23.9 Å². The molecule has 0 aliphatic carbocycles. The van der Waals surface area contributed by atoms with Crippen LogP contribution in [0.4, 0.5) is 0 Å². The number of unbranched alkanes of at least 4 members (excludes halogenated alkanes) is 1. The Bertz CT molecular complexity index is 518. The zero-order valence-electron chi connectivity index (χ0n) is 17.5. The molecule has 8 heteroatoms. The topological polar surface area (TPSA) is 77.0 Å². The largest absolute Gasteiger partial charge is 0.477 e. The van der Waals surface area contributed by atoms with Crippen molar-refractivity contribution in [3.8, 4) is 5.88 Å². The summed E-state index contributed by atoms with van der Waals surface area (Å²) < 4.78 is 16.7. The number of hydrogen-bond acceptors (Lipinski definition) is 5. The highest BCUT2D eigenvalue weighted by atomic mass is 127. The van der Waals surface area contributed by atoms with Crippen LogP contribution in [0, 0.1) is 0 Å². The second kappa shape index (κ2) is 19.2. The molecule has 0 aliphatic heterocycles. The van der Waals surface area contributed by atoms with Gasteiger partial charge < -0.3 is 24.8 Å². The van der Waals surface area contributed by atoms with Crippen molar-refractivity contribution < 1.29 is 14.2 Å². The average molecular weight is 508 g/mol. The van der Waals surface area contributed by atoms with E-state index >= 15 is 0 Å². The molecule has 0 unspecified atom stereocenters. The average Bonchev–Trinajstić information content (AvgIpc) is 2.69. The molecule has 0 spiro atoms.